The lowest BCUT2D eigenvalue weighted by molar-refractivity contribution is 0.0984. The van der Waals surface area contributed by atoms with E-state index in [1.807, 2.05) is 30.5 Å². The van der Waals surface area contributed by atoms with Gasteiger partial charge in [0.25, 0.3) is 0 Å². The van der Waals surface area contributed by atoms with Gasteiger partial charge in [-0.15, -0.1) is 11.3 Å². The van der Waals surface area contributed by atoms with Crippen LogP contribution in [0.5, 0.6) is 0 Å². The minimum atomic E-state index is 0.125. The van der Waals surface area contributed by atoms with Gasteiger partial charge in [-0.05, 0) is 36.9 Å². The number of hydrogen-bond donors (Lipinski definition) is 1. The summed E-state index contributed by atoms with van der Waals surface area (Å²) in [6, 6.07) is 9.65. The van der Waals surface area contributed by atoms with Gasteiger partial charge in [0, 0.05) is 22.5 Å². The van der Waals surface area contributed by atoms with Gasteiger partial charge in [0.15, 0.2) is 5.78 Å². The molecule has 1 aromatic heterocycles. The summed E-state index contributed by atoms with van der Waals surface area (Å²) in [5, 5.41) is 2.03. The summed E-state index contributed by atoms with van der Waals surface area (Å²) in [7, 11) is 0. The molecule has 0 aliphatic rings. The van der Waals surface area contributed by atoms with E-state index in [2.05, 4.69) is 6.07 Å². The Morgan fingerprint density at radius 1 is 1.35 bits per heavy atom. The average molecular weight is 245 g/mol. The zero-order valence-corrected chi connectivity index (χ0v) is 10.6. The van der Waals surface area contributed by atoms with Gasteiger partial charge in [0.1, 0.15) is 0 Å². The maximum atomic E-state index is 12.0. The molecule has 2 N–H and O–H groups in total. The lowest BCUT2D eigenvalue weighted by Crippen LogP contribution is -2.05. The maximum Gasteiger partial charge on any atom is 0.165 e. The van der Waals surface area contributed by atoms with E-state index in [1.54, 1.807) is 17.4 Å². The van der Waals surface area contributed by atoms with Crippen molar-refractivity contribution in [3.05, 3.63) is 51.7 Å². The number of ketones is 1. The van der Waals surface area contributed by atoms with Gasteiger partial charge in [0.2, 0.25) is 0 Å². The molecule has 2 rings (SSSR count). The smallest absolute Gasteiger partial charge is 0.165 e. The molecule has 0 aliphatic heterocycles. The molecular formula is C14H15NOS. The highest BCUT2D eigenvalue weighted by Gasteiger charge is 2.10. The molecule has 3 heteroatoms. The van der Waals surface area contributed by atoms with Crippen molar-refractivity contribution in [3.63, 3.8) is 0 Å². The normalized spacial score (nSPS) is 10.4. The molecule has 1 aromatic carbocycles. The molecule has 88 valence electrons. The fourth-order valence-electron chi connectivity index (χ4n) is 1.74. The summed E-state index contributed by atoms with van der Waals surface area (Å²) >= 11 is 1.68. The third-order valence-electron chi connectivity index (χ3n) is 2.69. The van der Waals surface area contributed by atoms with Gasteiger partial charge in [-0.3, -0.25) is 4.79 Å². The summed E-state index contributed by atoms with van der Waals surface area (Å²) in [6.07, 6.45) is 1.32. The number of nitrogens with two attached hydrogens (primary N) is 1. The SMILES string of the molecule is Cc1ccc(N)c(C(=O)CCc2cccs2)c1. The first kappa shape index (κ1) is 11.9. The topological polar surface area (TPSA) is 43.1 Å². The van der Waals surface area contributed by atoms with Crippen LogP contribution >= 0.6 is 11.3 Å². The number of aryl methyl sites for hydroxylation is 2. The van der Waals surface area contributed by atoms with Gasteiger partial charge in [-0.25, -0.2) is 0 Å². The van der Waals surface area contributed by atoms with E-state index in [9.17, 15) is 4.79 Å². The van der Waals surface area contributed by atoms with Crippen molar-refractivity contribution in [3.8, 4) is 0 Å². The van der Waals surface area contributed by atoms with Crippen molar-refractivity contribution in [2.45, 2.75) is 19.8 Å². The van der Waals surface area contributed by atoms with E-state index < -0.39 is 0 Å². The van der Waals surface area contributed by atoms with Gasteiger partial charge < -0.3 is 5.73 Å². The molecule has 0 bridgehead atoms. The van der Waals surface area contributed by atoms with Gasteiger partial charge in [-0.1, -0.05) is 17.7 Å². The summed E-state index contributed by atoms with van der Waals surface area (Å²) in [5.74, 6) is 0.125. The van der Waals surface area contributed by atoms with Crippen LogP contribution in [0.3, 0.4) is 0 Å². The van der Waals surface area contributed by atoms with Gasteiger partial charge >= 0.3 is 0 Å². The molecule has 2 aromatic rings. The quantitative estimate of drug-likeness (QED) is 0.662. The fraction of sp³-hybridized carbons (Fsp3) is 0.214. The van der Waals surface area contributed by atoms with Crippen LogP contribution in [0.1, 0.15) is 27.2 Å². The predicted octanol–water partition coefficient (Wildman–Crippen LogP) is 3.45. The Morgan fingerprint density at radius 3 is 2.88 bits per heavy atom. The third kappa shape index (κ3) is 2.94. The number of Topliss-reactive ketones (excluding diaryl/α,β-unsaturated/α-hetero) is 1. The molecule has 17 heavy (non-hydrogen) atoms. The van der Waals surface area contributed by atoms with Crippen molar-refractivity contribution >= 4 is 22.8 Å². The number of carbonyl (C=O) groups excluding carboxylic acids is 1. The largest absolute Gasteiger partial charge is 0.398 e. The van der Waals surface area contributed by atoms with Gasteiger partial charge in [0.05, 0.1) is 0 Å². The molecule has 0 amide bonds. The number of thiophene rings is 1. The van der Waals surface area contributed by atoms with Crippen LogP contribution in [0, 0.1) is 6.92 Å². The van der Waals surface area contributed by atoms with Crippen LogP contribution < -0.4 is 5.73 Å². The van der Waals surface area contributed by atoms with Crippen LogP contribution in [0.2, 0.25) is 0 Å². The Kier molecular flexibility index (Phi) is 3.59. The maximum absolute atomic E-state index is 12.0. The number of hydrogen-bond acceptors (Lipinski definition) is 3. The van der Waals surface area contributed by atoms with E-state index >= 15 is 0 Å². The number of carbonyl (C=O) groups is 1. The minimum Gasteiger partial charge on any atom is -0.398 e. The molecular weight excluding hydrogens is 230 g/mol. The molecule has 0 saturated carbocycles. The first-order valence-corrected chi connectivity index (χ1v) is 6.46. The molecule has 0 atom stereocenters. The average Bonchev–Trinajstić information content (AvgIpc) is 2.82. The molecule has 0 fully saturated rings. The van der Waals surface area contributed by atoms with E-state index in [-0.39, 0.29) is 5.78 Å². The van der Waals surface area contributed by atoms with Crippen LogP contribution in [-0.2, 0) is 6.42 Å². The van der Waals surface area contributed by atoms with Crippen LogP contribution in [-0.4, -0.2) is 5.78 Å². The van der Waals surface area contributed by atoms with Crippen molar-refractivity contribution in [1.82, 2.24) is 0 Å². The van der Waals surface area contributed by atoms with E-state index in [0.29, 0.717) is 17.7 Å². The number of rotatable bonds is 4. The van der Waals surface area contributed by atoms with Crippen LogP contribution in [0.25, 0.3) is 0 Å². The Hall–Kier alpha value is -1.61. The van der Waals surface area contributed by atoms with Crippen molar-refractivity contribution in [2.24, 2.45) is 0 Å². The Balaban J connectivity index is 2.07. The molecule has 0 radical (unpaired) electrons. The number of nitrogen functional groups attached to an aromatic ring is 1. The van der Waals surface area contributed by atoms with E-state index in [0.717, 1.165) is 12.0 Å². The van der Waals surface area contributed by atoms with Gasteiger partial charge in [-0.2, -0.15) is 0 Å². The Morgan fingerprint density at radius 2 is 2.18 bits per heavy atom. The lowest BCUT2D eigenvalue weighted by Gasteiger charge is -2.05. The summed E-state index contributed by atoms with van der Waals surface area (Å²) in [4.78, 5) is 13.3. The Labute approximate surface area is 105 Å². The number of anilines is 1. The van der Waals surface area contributed by atoms with Crippen LogP contribution in [0.4, 0.5) is 5.69 Å². The molecule has 0 saturated heterocycles. The first-order chi connectivity index (χ1) is 8.16. The van der Waals surface area contributed by atoms with Crippen molar-refractivity contribution in [1.29, 1.82) is 0 Å². The number of benzene rings is 1. The summed E-state index contributed by atoms with van der Waals surface area (Å²) in [5.41, 5.74) is 8.12. The molecule has 0 unspecified atom stereocenters. The summed E-state index contributed by atoms with van der Waals surface area (Å²) < 4.78 is 0. The summed E-state index contributed by atoms with van der Waals surface area (Å²) in [6.45, 7) is 1.97. The highest BCUT2D eigenvalue weighted by Crippen LogP contribution is 2.18. The zero-order chi connectivity index (χ0) is 12.3. The van der Waals surface area contributed by atoms with Crippen LogP contribution in [0.15, 0.2) is 35.7 Å². The van der Waals surface area contributed by atoms with E-state index in [4.69, 9.17) is 5.73 Å². The second kappa shape index (κ2) is 5.15. The second-order valence-electron chi connectivity index (χ2n) is 4.09. The van der Waals surface area contributed by atoms with Crippen molar-refractivity contribution in [2.75, 3.05) is 5.73 Å². The second-order valence-corrected chi connectivity index (χ2v) is 5.13. The minimum absolute atomic E-state index is 0.125. The molecule has 1 heterocycles. The fourth-order valence-corrected chi connectivity index (χ4v) is 2.45. The first-order valence-electron chi connectivity index (χ1n) is 5.58. The predicted molar refractivity (Wildman–Crippen MR) is 72.6 cm³/mol. The molecule has 0 aliphatic carbocycles. The standard InChI is InChI=1S/C14H15NOS/c1-10-4-6-13(15)12(9-10)14(16)7-5-11-3-2-8-17-11/h2-4,6,8-9H,5,7,15H2,1H3. The zero-order valence-electron chi connectivity index (χ0n) is 9.77. The molecule has 0 spiro atoms. The Bertz CT molecular complexity index is 517. The molecule has 2 nitrogen and oxygen atoms in total. The third-order valence-corrected chi connectivity index (χ3v) is 3.62. The lowest BCUT2D eigenvalue weighted by atomic mass is 10.0. The highest BCUT2D eigenvalue weighted by atomic mass is 32.1. The highest BCUT2D eigenvalue weighted by molar-refractivity contribution is 7.09. The van der Waals surface area contributed by atoms with E-state index in [1.165, 1.54) is 4.88 Å². The monoisotopic (exact) mass is 245 g/mol. The van der Waals surface area contributed by atoms with Crippen molar-refractivity contribution < 1.29 is 4.79 Å².